The smallest absolute Gasteiger partial charge is 0.313 e. The Kier molecular flexibility index (Phi) is 5.93. The monoisotopic (exact) mass is 400 g/mol. The maximum absolute atomic E-state index is 13.7. The lowest BCUT2D eigenvalue weighted by Crippen LogP contribution is -2.40. The van der Waals surface area contributed by atoms with Crippen molar-refractivity contribution in [3.63, 3.8) is 0 Å². The molecule has 0 radical (unpaired) electrons. The average Bonchev–Trinajstić information content (AvgIpc) is 3.00. The molecule has 6 nitrogen and oxygen atoms in total. The molecule has 0 aliphatic heterocycles. The molecule has 2 N–H and O–H groups in total. The number of halogens is 2. The van der Waals surface area contributed by atoms with Crippen molar-refractivity contribution in [1.29, 1.82) is 0 Å². The summed E-state index contributed by atoms with van der Waals surface area (Å²) in [5.41, 5.74) is 1.81. The van der Waals surface area contributed by atoms with Crippen molar-refractivity contribution in [3.8, 4) is 0 Å². The van der Waals surface area contributed by atoms with Gasteiger partial charge in [0.1, 0.15) is 11.6 Å². The normalized spacial score (nSPS) is 12.2. The SMILES string of the molecule is CN(C)C(CNC(=O)C(=O)Nc1ccc(F)cc1F)c1cn(C)c2ccccc12. The third kappa shape index (κ3) is 4.43. The highest BCUT2D eigenvalue weighted by Crippen LogP contribution is 2.28. The molecule has 1 aromatic heterocycles. The van der Waals surface area contributed by atoms with Crippen LogP contribution in [0.25, 0.3) is 10.9 Å². The van der Waals surface area contributed by atoms with Crippen molar-refractivity contribution in [2.45, 2.75) is 6.04 Å². The first kappa shape index (κ1) is 20.5. The van der Waals surface area contributed by atoms with Gasteiger partial charge in [-0.25, -0.2) is 8.78 Å². The van der Waals surface area contributed by atoms with E-state index in [2.05, 4.69) is 10.6 Å². The molecule has 3 aromatic rings. The van der Waals surface area contributed by atoms with Gasteiger partial charge in [0.15, 0.2) is 0 Å². The number of benzene rings is 2. The Bertz CT molecular complexity index is 1060. The lowest BCUT2D eigenvalue weighted by Gasteiger charge is -2.24. The van der Waals surface area contributed by atoms with Gasteiger partial charge in [0.25, 0.3) is 0 Å². The van der Waals surface area contributed by atoms with Crippen LogP contribution in [-0.4, -0.2) is 41.9 Å². The predicted octanol–water partition coefficient (Wildman–Crippen LogP) is 2.81. The standard InChI is InChI=1S/C21H22F2N4O2/c1-26(2)19(15-12-27(3)18-7-5-4-6-14(15)18)11-24-20(28)21(29)25-17-9-8-13(22)10-16(17)23/h4-10,12,19H,11H2,1-3H3,(H,24,28)(H,25,29). The summed E-state index contributed by atoms with van der Waals surface area (Å²) in [5, 5.41) is 5.80. The maximum Gasteiger partial charge on any atom is 0.313 e. The molecule has 1 atom stereocenters. The first-order valence-corrected chi connectivity index (χ1v) is 9.02. The lowest BCUT2D eigenvalue weighted by molar-refractivity contribution is -0.136. The van der Waals surface area contributed by atoms with E-state index in [0.717, 1.165) is 28.6 Å². The molecule has 1 heterocycles. The van der Waals surface area contributed by atoms with Crippen LogP contribution in [0, 0.1) is 11.6 Å². The summed E-state index contributed by atoms with van der Waals surface area (Å²) in [6, 6.07) is 10.4. The third-order valence-electron chi connectivity index (χ3n) is 4.75. The molecule has 152 valence electrons. The van der Waals surface area contributed by atoms with Gasteiger partial charge >= 0.3 is 11.8 Å². The highest BCUT2D eigenvalue weighted by Gasteiger charge is 2.22. The average molecular weight is 400 g/mol. The number of aryl methyl sites for hydroxylation is 1. The second kappa shape index (κ2) is 8.40. The fourth-order valence-corrected chi connectivity index (χ4v) is 3.25. The second-order valence-corrected chi connectivity index (χ2v) is 6.98. The minimum absolute atomic E-state index is 0.180. The van der Waals surface area contributed by atoms with Gasteiger partial charge < -0.3 is 20.1 Å². The first-order chi connectivity index (χ1) is 13.8. The fraction of sp³-hybridized carbons (Fsp3) is 0.238. The van der Waals surface area contributed by atoms with Crippen LogP contribution in [0.1, 0.15) is 11.6 Å². The van der Waals surface area contributed by atoms with Gasteiger partial charge in [0.2, 0.25) is 0 Å². The highest BCUT2D eigenvalue weighted by atomic mass is 19.1. The molecular formula is C21H22F2N4O2. The molecule has 8 heteroatoms. The Balaban J connectivity index is 1.71. The molecule has 0 saturated heterocycles. The molecule has 0 aliphatic rings. The van der Waals surface area contributed by atoms with Crippen LogP contribution in [0.5, 0.6) is 0 Å². The van der Waals surface area contributed by atoms with E-state index >= 15 is 0 Å². The van der Waals surface area contributed by atoms with Crippen molar-refractivity contribution in [1.82, 2.24) is 14.8 Å². The zero-order valence-corrected chi connectivity index (χ0v) is 16.4. The van der Waals surface area contributed by atoms with E-state index in [1.165, 1.54) is 0 Å². The molecule has 29 heavy (non-hydrogen) atoms. The molecule has 2 aromatic carbocycles. The molecule has 0 fully saturated rings. The van der Waals surface area contributed by atoms with E-state index in [9.17, 15) is 18.4 Å². The summed E-state index contributed by atoms with van der Waals surface area (Å²) >= 11 is 0. The van der Waals surface area contributed by atoms with E-state index in [-0.39, 0.29) is 18.3 Å². The van der Waals surface area contributed by atoms with Crippen molar-refractivity contribution >= 4 is 28.4 Å². The van der Waals surface area contributed by atoms with Gasteiger partial charge in [0, 0.05) is 36.8 Å². The molecular weight excluding hydrogens is 378 g/mol. The van der Waals surface area contributed by atoms with Gasteiger partial charge in [-0.1, -0.05) is 18.2 Å². The molecule has 0 aliphatic carbocycles. The Hall–Kier alpha value is -3.26. The number of rotatable bonds is 5. The highest BCUT2D eigenvalue weighted by molar-refractivity contribution is 6.39. The van der Waals surface area contributed by atoms with E-state index in [1.807, 2.05) is 61.1 Å². The van der Waals surface area contributed by atoms with E-state index < -0.39 is 23.4 Å². The number of amides is 2. The topological polar surface area (TPSA) is 66.4 Å². The number of hydrogen-bond acceptors (Lipinski definition) is 3. The zero-order chi connectivity index (χ0) is 21.1. The molecule has 3 rings (SSSR count). The summed E-state index contributed by atoms with van der Waals surface area (Å²) < 4.78 is 28.6. The number of hydrogen-bond donors (Lipinski definition) is 2. The number of carbonyl (C=O) groups excluding carboxylic acids is 2. The summed E-state index contributed by atoms with van der Waals surface area (Å²) in [7, 11) is 5.71. The van der Waals surface area contributed by atoms with Crippen LogP contribution in [0.3, 0.4) is 0 Å². The van der Waals surface area contributed by atoms with Crippen LogP contribution in [0.2, 0.25) is 0 Å². The molecule has 1 unspecified atom stereocenters. The number of aromatic nitrogens is 1. The van der Waals surface area contributed by atoms with E-state index in [1.54, 1.807) is 0 Å². The Morgan fingerprint density at radius 3 is 2.52 bits per heavy atom. The number of fused-ring (bicyclic) bond motifs is 1. The lowest BCUT2D eigenvalue weighted by atomic mass is 10.0. The molecule has 0 saturated carbocycles. The maximum atomic E-state index is 13.7. The summed E-state index contributed by atoms with van der Waals surface area (Å²) in [5.74, 6) is -3.64. The third-order valence-corrected chi connectivity index (χ3v) is 4.75. The predicted molar refractivity (Wildman–Crippen MR) is 107 cm³/mol. The zero-order valence-electron chi connectivity index (χ0n) is 16.4. The fourth-order valence-electron chi connectivity index (χ4n) is 3.25. The molecule has 0 spiro atoms. The molecule has 0 bridgehead atoms. The van der Waals surface area contributed by atoms with Gasteiger partial charge in [-0.05, 0) is 37.9 Å². The number of nitrogens with one attached hydrogen (secondary N) is 2. The Morgan fingerprint density at radius 2 is 1.83 bits per heavy atom. The van der Waals surface area contributed by atoms with Crippen LogP contribution in [0.4, 0.5) is 14.5 Å². The van der Waals surface area contributed by atoms with Crippen molar-refractivity contribution in [3.05, 3.63) is 65.9 Å². The number of para-hydroxylation sites is 1. The number of nitrogens with zero attached hydrogens (tertiary/aromatic N) is 2. The minimum atomic E-state index is -1.02. The van der Waals surface area contributed by atoms with E-state index in [0.29, 0.717) is 6.07 Å². The number of anilines is 1. The van der Waals surface area contributed by atoms with Crippen LogP contribution in [0.15, 0.2) is 48.7 Å². The summed E-state index contributed by atoms with van der Waals surface area (Å²) in [6.07, 6.45) is 2.00. The Labute approximate surface area is 167 Å². The second-order valence-electron chi connectivity index (χ2n) is 6.98. The van der Waals surface area contributed by atoms with Crippen LogP contribution < -0.4 is 10.6 Å². The minimum Gasteiger partial charge on any atom is -0.350 e. The van der Waals surface area contributed by atoms with Gasteiger partial charge in [0.05, 0.1) is 11.7 Å². The van der Waals surface area contributed by atoms with Crippen LogP contribution >= 0.6 is 0 Å². The van der Waals surface area contributed by atoms with Crippen LogP contribution in [-0.2, 0) is 16.6 Å². The van der Waals surface area contributed by atoms with E-state index in [4.69, 9.17) is 0 Å². The van der Waals surface area contributed by atoms with Gasteiger partial charge in [-0.2, -0.15) is 0 Å². The van der Waals surface area contributed by atoms with Crippen molar-refractivity contribution < 1.29 is 18.4 Å². The van der Waals surface area contributed by atoms with Gasteiger partial charge in [-0.15, -0.1) is 0 Å². The largest absolute Gasteiger partial charge is 0.350 e. The quantitative estimate of drug-likeness (QED) is 0.648. The Morgan fingerprint density at radius 1 is 1.10 bits per heavy atom. The molecule has 2 amide bonds. The van der Waals surface area contributed by atoms with Crippen molar-refractivity contribution in [2.24, 2.45) is 7.05 Å². The summed E-state index contributed by atoms with van der Waals surface area (Å²) in [4.78, 5) is 26.2. The summed E-state index contributed by atoms with van der Waals surface area (Å²) in [6.45, 7) is 0.180. The first-order valence-electron chi connectivity index (χ1n) is 9.02. The number of carbonyl (C=O) groups is 2. The van der Waals surface area contributed by atoms with Gasteiger partial charge in [-0.3, -0.25) is 9.59 Å². The number of likely N-dealkylation sites (N-methyl/N-ethyl adjacent to an activating group) is 1. The van der Waals surface area contributed by atoms with Crippen molar-refractivity contribution in [2.75, 3.05) is 26.0 Å².